The van der Waals surface area contributed by atoms with Gasteiger partial charge in [-0.25, -0.2) is 9.59 Å². The number of piperidine rings is 1. The normalized spacial score (nSPS) is 16.9. The minimum Gasteiger partial charge on any atom is -0.444 e. The van der Waals surface area contributed by atoms with Crippen molar-refractivity contribution in [2.45, 2.75) is 72.1 Å². The summed E-state index contributed by atoms with van der Waals surface area (Å²) < 4.78 is 18.6. The zero-order valence-electron chi connectivity index (χ0n) is 28.0. The highest BCUT2D eigenvalue weighted by atomic mass is 16.6. The van der Waals surface area contributed by atoms with E-state index < -0.39 is 29.3 Å². The van der Waals surface area contributed by atoms with Gasteiger partial charge in [0.15, 0.2) is 5.58 Å². The van der Waals surface area contributed by atoms with E-state index in [0.29, 0.717) is 18.8 Å². The van der Waals surface area contributed by atoms with Gasteiger partial charge in [-0.1, -0.05) is 6.92 Å². The van der Waals surface area contributed by atoms with Crippen LogP contribution in [-0.4, -0.2) is 68.2 Å². The van der Waals surface area contributed by atoms with E-state index in [-0.39, 0.29) is 34.5 Å². The topological polar surface area (TPSA) is 166 Å². The van der Waals surface area contributed by atoms with E-state index in [9.17, 15) is 14.4 Å². The number of carbonyl (C=O) groups excluding carboxylic acids is 3. The molecular formula is C33H42N8O6. The van der Waals surface area contributed by atoms with Gasteiger partial charge in [0.1, 0.15) is 22.3 Å². The van der Waals surface area contributed by atoms with Crippen LogP contribution in [0.15, 0.2) is 47.5 Å². The third-order valence-electron chi connectivity index (χ3n) is 7.18. The fourth-order valence-electron chi connectivity index (χ4n) is 5.47. The first-order chi connectivity index (χ1) is 22.0. The zero-order valence-corrected chi connectivity index (χ0v) is 28.0. The first kappa shape index (κ1) is 33.2. The number of alkyl carbamates (subject to hydrolysis) is 1. The average molecular weight is 647 g/mol. The molecule has 47 heavy (non-hydrogen) atoms. The van der Waals surface area contributed by atoms with E-state index in [2.05, 4.69) is 42.8 Å². The molecule has 4 aromatic heterocycles. The lowest BCUT2D eigenvalue weighted by molar-refractivity contribution is 0.0494. The molecule has 3 amide bonds. The van der Waals surface area contributed by atoms with Crippen molar-refractivity contribution in [1.29, 1.82) is 0 Å². The van der Waals surface area contributed by atoms with Crippen molar-refractivity contribution in [1.82, 2.24) is 25.1 Å². The Morgan fingerprint density at radius 2 is 1.68 bits per heavy atom. The maximum absolute atomic E-state index is 14.0. The van der Waals surface area contributed by atoms with Gasteiger partial charge in [-0.15, -0.1) is 0 Å². The van der Waals surface area contributed by atoms with Crippen LogP contribution >= 0.6 is 0 Å². The summed E-state index contributed by atoms with van der Waals surface area (Å²) in [5.41, 5.74) is 1.85. The van der Waals surface area contributed by atoms with Crippen LogP contribution in [0.5, 0.6) is 0 Å². The highest BCUT2D eigenvalue weighted by molar-refractivity contribution is 6.17. The van der Waals surface area contributed by atoms with Gasteiger partial charge >= 0.3 is 12.2 Å². The summed E-state index contributed by atoms with van der Waals surface area (Å²) in [5.74, 6) is -0.443. The predicted molar refractivity (Wildman–Crippen MR) is 177 cm³/mol. The first-order valence-electron chi connectivity index (χ1n) is 15.5. The summed E-state index contributed by atoms with van der Waals surface area (Å²) >= 11 is 0. The second-order valence-corrected chi connectivity index (χ2v) is 13.8. The molecule has 0 unspecified atom stereocenters. The van der Waals surface area contributed by atoms with Gasteiger partial charge in [-0.2, -0.15) is 5.10 Å². The number of rotatable bonds is 6. The molecule has 1 saturated heterocycles. The number of pyridine rings is 2. The van der Waals surface area contributed by atoms with Crippen molar-refractivity contribution in [3.8, 4) is 11.1 Å². The van der Waals surface area contributed by atoms with Crippen LogP contribution in [0.2, 0.25) is 0 Å². The van der Waals surface area contributed by atoms with E-state index in [1.165, 1.54) is 0 Å². The van der Waals surface area contributed by atoms with E-state index in [4.69, 9.17) is 13.9 Å². The molecule has 1 aliphatic heterocycles. The van der Waals surface area contributed by atoms with Crippen molar-refractivity contribution >= 4 is 46.5 Å². The fraction of sp³-hybridized carbons (Fsp3) is 0.455. The van der Waals surface area contributed by atoms with Gasteiger partial charge in [0.05, 0.1) is 23.8 Å². The van der Waals surface area contributed by atoms with Gasteiger partial charge in [0.2, 0.25) is 5.88 Å². The molecule has 5 rings (SSSR count). The molecule has 1 fully saturated rings. The highest BCUT2D eigenvalue weighted by Crippen LogP contribution is 2.35. The SMILES string of the molecule is C[C@@H]1C[C@H](NC(=O)OC(C)(C)C)CN(c2ccncc2NC(=O)c2c(NC(=O)OC(C)(C)C)oc3cc(-c4cnn(C)c4)cnc23)C1. The minimum absolute atomic E-state index is 0.0230. The molecular weight excluding hydrogens is 604 g/mol. The molecule has 3 N–H and O–H groups in total. The molecule has 0 aliphatic carbocycles. The Morgan fingerprint density at radius 1 is 0.957 bits per heavy atom. The Labute approximate surface area is 273 Å². The van der Waals surface area contributed by atoms with Crippen LogP contribution in [-0.2, 0) is 16.5 Å². The number of nitrogens with zero attached hydrogens (tertiary/aromatic N) is 5. The van der Waals surface area contributed by atoms with Crippen LogP contribution in [0.1, 0.15) is 65.2 Å². The minimum atomic E-state index is -0.786. The summed E-state index contributed by atoms with van der Waals surface area (Å²) in [4.78, 5) is 50.3. The molecule has 2 atom stereocenters. The highest BCUT2D eigenvalue weighted by Gasteiger charge is 2.31. The fourth-order valence-corrected chi connectivity index (χ4v) is 5.47. The van der Waals surface area contributed by atoms with Crippen molar-refractivity contribution in [3.63, 3.8) is 0 Å². The lowest BCUT2D eigenvalue weighted by Crippen LogP contribution is -2.51. The number of carbonyl (C=O) groups is 3. The van der Waals surface area contributed by atoms with Crippen LogP contribution in [0.3, 0.4) is 0 Å². The molecule has 14 heteroatoms. The summed E-state index contributed by atoms with van der Waals surface area (Å²) in [6.45, 7) is 14.0. The molecule has 4 aromatic rings. The number of hydrogen-bond acceptors (Lipinski definition) is 10. The lowest BCUT2D eigenvalue weighted by Gasteiger charge is -2.39. The van der Waals surface area contributed by atoms with Gasteiger partial charge in [-0.05, 0) is 66.0 Å². The smallest absolute Gasteiger partial charge is 0.414 e. The Hall–Kier alpha value is -5.14. The van der Waals surface area contributed by atoms with Gasteiger partial charge < -0.3 is 29.4 Å². The van der Waals surface area contributed by atoms with E-state index in [0.717, 1.165) is 23.2 Å². The summed E-state index contributed by atoms with van der Waals surface area (Å²) in [6, 6.07) is 3.37. The number of ether oxygens (including phenoxy) is 2. The summed E-state index contributed by atoms with van der Waals surface area (Å²) in [5, 5.41) is 12.7. The van der Waals surface area contributed by atoms with Crippen LogP contribution in [0.4, 0.5) is 26.8 Å². The third kappa shape index (κ3) is 8.37. The second kappa shape index (κ2) is 12.9. The molecule has 0 spiro atoms. The van der Waals surface area contributed by atoms with Gasteiger partial charge in [0, 0.05) is 55.9 Å². The molecule has 14 nitrogen and oxygen atoms in total. The Bertz CT molecular complexity index is 1780. The lowest BCUT2D eigenvalue weighted by atomic mass is 9.95. The Morgan fingerprint density at radius 3 is 2.36 bits per heavy atom. The molecule has 0 saturated carbocycles. The van der Waals surface area contributed by atoms with Crippen molar-refractivity contribution in [2.75, 3.05) is 28.6 Å². The molecule has 250 valence electrons. The number of furan rings is 1. The number of aryl methyl sites for hydroxylation is 1. The Balaban J connectivity index is 1.44. The second-order valence-electron chi connectivity index (χ2n) is 13.8. The number of nitrogens with one attached hydrogen (secondary N) is 3. The molecule has 0 aromatic carbocycles. The van der Waals surface area contributed by atoms with Crippen LogP contribution in [0, 0.1) is 5.92 Å². The zero-order chi connectivity index (χ0) is 34.1. The van der Waals surface area contributed by atoms with E-state index >= 15 is 0 Å². The van der Waals surface area contributed by atoms with E-state index in [1.54, 1.807) is 56.3 Å². The van der Waals surface area contributed by atoms with Crippen LogP contribution in [0.25, 0.3) is 22.2 Å². The third-order valence-corrected chi connectivity index (χ3v) is 7.18. The Kier molecular flexibility index (Phi) is 9.14. The maximum atomic E-state index is 14.0. The van der Waals surface area contributed by atoms with E-state index in [1.807, 2.05) is 40.1 Å². The number of anilines is 3. The molecule has 0 bridgehead atoms. The molecule has 0 radical (unpaired) electrons. The first-order valence-corrected chi connectivity index (χ1v) is 15.5. The van der Waals surface area contributed by atoms with Crippen LogP contribution < -0.4 is 20.9 Å². The maximum Gasteiger partial charge on any atom is 0.414 e. The largest absolute Gasteiger partial charge is 0.444 e. The van der Waals surface area contributed by atoms with Gasteiger partial charge in [-0.3, -0.25) is 24.8 Å². The number of hydrogen-bond donors (Lipinski definition) is 3. The molecule has 1 aliphatic rings. The summed E-state index contributed by atoms with van der Waals surface area (Å²) in [7, 11) is 1.81. The number of fused-ring (bicyclic) bond motifs is 1. The standard InChI is InChI=1S/C33H42N8O6/c1-19-11-22(37-30(43)46-32(2,3)4)18-41(16-19)24-9-10-34-15-23(24)38-28(42)26-27-25(45-29(26)39-31(44)47-33(5,6)7)12-20(13-35-27)21-14-36-40(8)17-21/h9-10,12-15,17,19,22H,11,16,18H2,1-8H3,(H,37,43)(H,38,42)(H,39,44)/t19-,22+/m1/s1. The predicted octanol–water partition coefficient (Wildman–Crippen LogP) is 5.96. The number of aromatic nitrogens is 4. The molecule has 5 heterocycles. The van der Waals surface area contributed by atoms with Crippen molar-refractivity contribution in [3.05, 3.63) is 48.7 Å². The quantitative estimate of drug-likeness (QED) is 0.227. The van der Waals surface area contributed by atoms with Crippen molar-refractivity contribution < 1.29 is 28.3 Å². The number of amides is 3. The van der Waals surface area contributed by atoms with Crippen molar-refractivity contribution in [2.24, 2.45) is 13.0 Å². The monoisotopic (exact) mass is 646 g/mol. The average Bonchev–Trinajstić information content (AvgIpc) is 3.53. The van der Waals surface area contributed by atoms with Gasteiger partial charge in [0.25, 0.3) is 5.91 Å². The summed E-state index contributed by atoms with van der Waals surface area (Å²) in [6.07, 6.45) is 7.85.